The molecule has 10 heteroatoms. The zero-order valence-corrected chi connectivity index (χ0v) is 24.5. The van der Waals surface area contributed by atoms with E-state index in [1.54, 1.807) is 13.3 Å². The summed E-state index contributed by atoms with van der Waals surface area (Å²) in [7, 11) is 2.94. The van der Waals surface area contributed by atoms with Crippen LogP contribution in [0.2, 0.25) is 0 Å². The number of pyridine rings is 1. The Labute approximate surface area is 249 Å². The highest BCUT2D eigenvalue weighted by atomic mass is 32.2. The minimum atomic E-state index is -0.582. The van der Waals surface area contributed by atoms with Crippen LogP contribution >= 0.6 is 11.8 Å². The number of esters is 1. The van der Waals surface area contributed by atoms with Crippen molar-refractivity contribution < 1.29 is 23.8 Å². The van der Waals surface area contributed by atoms with Gasteiger partial charge in [0.2, 0.25) is 5.91 Å². The molecule has 2 aliphatic heterocycles. The fraction of sp³-hybridized carbons (Fsp3) is 0.250. The highest BCUT2D eigenvalue weighted by Crippen LogP contribution is 2.46. The van der Waals surface area contributed by atoms with Crippen LogP contribution in [-0.4, -0.2) is 41.1 Å². The van der Waals surface area contributed by atoms with Gasteiger partial charge in [-0.3, -0.25) is 9.78 Å². The van der Waals surface area contributed by atoms with Crippen LogP contribution in [0.3, 0.4) is 0 Å². The molecular weight excluding hydrogens is 552 g/mol. The SMILES string of the molecule is CCC1=C(C(=O)OC)[C@H](c2ccc(OCc3ccccc3)c(OC)c2)N2C(CC(=O)NCc3ccccn3)=CSC2=N1. The van der Waals surface area contributed by atoms with E-state index in [0.29, 0.717) is 47.5 Å². The number of benzene rings is 2. The lowest BCUT2D eigenvalue weighted by atomic mass is 9.92. The lowest BCUT2D eigenvalue weighted by Gasteiger charge is -2.36. The quantitative estimate of drug-likeness (QED) is 0.294. The second-order valence-electron chi connectivity index (χ2n) is 9.56. The van der Waals surface area contributed by atoms with Gasteiger partial charge in [0.25, 0.3) is 0 Å². The second-order valence-corrected chi connectivity index (χ2v) is 10.4. The van der Waals surface area contributed by atoms with Crippen LogP contribution in [0.5, 0.6) is 11.5 Å². The molecule has 216 valence electrons. The van der Waals surface area contributed by atoms with E-state index in [9.17, 15) is 9.59 Å². The van der Waals surface area contributed by atoms with Crippen molar-refractivity contribution in [2.24, 2.45) is 4.99 Å². The zero-order valence-electron chi connectivity index (χ0n) is 23.7. The van der Waals surface area contributed by atoms with Crippen LogP contribution in [0.1, 0.15) is 42.6 Å². The number of aromatic nitrogens is 1. The molecule has 0 fully saturated rings. The summed E-state index contributed by atoms with van der Waals surface area (Å²) in [6.07, 6.45) is 2.33. The van der Waals surface area contributed by atoms with Gasteiger partial charge < -0.3 is 24.4 Å². The molecule has 3 heterocycles. The average molecular weight is 585 g/mol. The van der Waals surface area contributed by atoms with E-state index in [0.717, 1.165) is 22.5 Å². The summed E-state index contributed by atoms with van der Waals surface area (Å²) in [5.74, 6) is 0.466. The van der Waals surface area contributed by atoms with E-state index in [-0.39, 0.29) is 12.3 Å². The van der Waals surface area contributed by atoms with E-state index >= 15 is 0 Å². The number of allylic oxidation sites excluding steroid dienone is 1. The molecule has 1 aromatic heterocycles. The van der Waals surface area contributed by atoms with Gasteiger partial charge in [-0.1, -0.05) is 61.2 Å². The number of rotatable bonds is 11. The van der Waals surface area contributed by atoms with Crippen LogP contribution in [-0.2, 0) is 27.5 Å². The van der Waals surface area contributed by atoms with Gasteiger partial charge in [-0.15, -0.1) is 0 Å². The highest BCUT2D eigenvalue weighted by Gasteiger charge is 2.41. The molecule has 9 nitrogen and oxygen atoms in total. The maximum absolute atomic E-state index is 13.2. The summed E-state index contributed by atoms with van der Waals surface area (Å²) >= 11 is 1.43. The van der Waals surface area contributed by atoms with Crippen molar-refractivity contribution in [1.82, 2.24) is 15.2 Å². The molecule has 0 saturated heterocycles. The third-order valence-corrected chi connectivity index (χ3v) is 7.79. The number of ether oxygens (including phenoxy) is 3. The topological polar surface area (TPSA) is 102 Å². The lowest BCUT2D eigenvalue weighted by molar-refractivity contribution is -0.136. The van der Waals surface area contributed by atoms with Crippen LogP contribution in [0.25, 0.3) is 0 Å². The van der Waals surface area contributed by atoms with Gasteiger partial charge >= 0.3 is 5.97 Å². The summed E-state index contributed by atoms with van der Waals surface area (Å²) in [5, 5.41) is 5.54. The number of methoxy groups -OCH3 is 2. The molecule has 5 rings (SSSR count). The molecular formula is C32H32N4O5S. The Morgan fingerprint density at radius 2 is 1.83 bits per heavy atom. The number of aliphatic imine (C=N–C) groups is 1. The first-order valence-corrected chi connectivity index (χ1v) is 14.5. The molecule has 0 spiro atoms. The van der Waals surface area contributed by atoms with E-state index in [4.69, 9.17) is 19.2 Å². The highest BCUT2D eigenvalue weighted by molar-refractivity contribution is 8.16. The van der Waals surface area contributed by atoms with Crippen LogP contribution in [0.4, 0.5) is 0 Å². The Morgan fingerprint density at radius 3 is 2.55 bits per heavy atom. The lowest BCUT2D eigenvalue weighted by Crippen LogP contribution is -2.38. The average Bonchev–Trinajstić information content (AvgIpc) is 3.44. The maximum Gasteiger partial charge on any atom is 0.338 e. The first kappa shape index (κ1) is 28.9. The summed E-state index contributed by atoms with van der Waals surface area (Å²) in [6.45, 7) is 2.65. The molecule has 0 unspecified atom stereocenters. The predicted octanol–water partition coefficient (Wildman–Crippen LogP) is 5.51. The Balaban J connectivity index is 1.44. The normalized spacial score (nSPS) is 15.9. The first-order chi connectivity index (χ1) is 20.5. The van der Waals surface area contributed by atoms with Gasteiger partial charge in [-0.25, -0.2) is 9.79 Å². The van der Waals surface area contributed by atoms with Crippen LogP contribution in [0.15, 0.2) is 100 Å². The van der Waals surface area contributed by atoms with Crippen molar-refractivity contribution in [3.63, 3.8) is 0 Å². The molecule has 42 heavy (non-hydrogen) atoms. The van der Waals surface area contributed by atoms with Crippen molar-refractivity contribution in [2.45, 2.75) is 39.0 Å². The number of carbonyl (C=O) groups is 2. The Bertz CT molecular complexity index is 1540. The van der Waals surface area contributed by atoms with Gasteiger partial charge in [-0.05, 0) is 47.2 Å². The number of nitrogens with one attached hydrogen (secondary N) is 1. The van der Waals surface area contributed by atoms with E-state index < -0.39 is 12.0 Å². The van der Waals surface area contributed by atoms with Gasteiger partial charge in [0.05, 0.1) is 50.2 Å². The van der Waals surface area contributed by atoms with Crippen LogP contribution in [0, 0.1) is 0 Å². The summed E-state index contributed by atoms with van der Waals surface area (Å²) in [5.41, 5.74) is 4.37. The number of amides is 1. The number of hydrogen-bond donors (Lipinski definition) is 1. The number of amidine groups is 1. The number of carbonyl (C=O) groups excluding carboxylic acids is 2. The Hall–Kier alpha value is -4.57. The maximum atomic E-state index is 13.2. The standard InChI is InChI=1S/C32H32N4O5S/c1-4-25-29(31(38)40-3)30(22-13-14-26(27(16-22)39-2)41-19-21-10-6-5-7-11-21)36-24(20-42-32(36)35-25)17-28(37)34-18-23-12-8-9-15-33-23/h5-16,20,30H,4,17-19H2,1-3H3,(H,34,37)/t30-/m0/s1. The number of nitrogens with zero attached hydrogens (tertiary/aromatic N) is 3. The fourth-order valence-corrected chi connectivity index (χ4v) is 5.79. The molecule has 3 aromatic rings. The van der Waals surface area contributed by atoms with Crippen molar-refractivity contribution in [2.75, 3.05) is 14.2 Å². The molecule has 1 amide bonds. The first-order valence-electron chi connectivity index (χ1n) is 13.6. The summed E-state index contributed by atoms with van der Waals surface area (Å²) in [4.78, 5) is 37.3. The number of fused-ring (bicyclic) bond motifs is 1. The molecule has 0 bridgehead atoms. The molecule has 0 saturated carbocycles. The van der Waals surface area contributed by atoms with E-state index in [1.165, 1.54) is 18.9 Å². The minimum Gasteiger partial charge on any atom is -0.493 e. The number of thioether (sulfide) groups is 1. The van der Waals surface area contributed by atoms with E-state index in [2.05, 4.69) is 10.3 Å². The van der Waals surface area contributed by atoms with Crippen molar-refractivity contribution >= 4 is 28.8 Å². The molecule has 1 atom stereocenters. The van der Waals surface area contributed by atoms with Crippen LogP contribution < -0.4 is 14.8 Å². The third-order valence-electron chi connectivity index (χ3n) is 6.90. The molecule has 1 N–H and O–H groups in total. The van der Waals surface area contributed by atoms with Crippen molar-refractivity contribution in [3.8, 4) is 11.5 Å². The second kappa shape index (κ2) is 13.4. The summed E-state index contributed by atoms with van der Waals surface area (Å²) < 4.78 is 17.0. The van der Waals surface area contributed by atoms with Gasteiger partial charge in [0.1, 0.15) is 6.61 Å². The molecule has 2 aliphatic rings. The molecule has 2 aromatic carbocycles. The summed E-state index contributed by atoms with van der Waals surface area (Å²) in [6, 6.07) is 20.5. The van der Waals surface area contributed by atoms with Gasteiger partial charge in [0, 0.05) is 11.9 Å². The fourth-order valence-electron chi connectivity index (χ4n) is 4.86. The largest absolute Gasteiger partial charge is 0.493 e. The zero-order chi connectivity index (χ0) is 29.5. The Kier molecular flexibility index (Phi) is 9.23. The van der Waals surface area contributed by atoms with Gasteiger partial charge in [-0.2, -0.15) is 0 Å². The monoisotopic (exact) mass is 584 g/mol. The molecule has 0 aliphatic carbocycles. The Morgan fingerprint density at radius 1 is 1.02 bits per heavy atom. The number of hydrogen-bond acceptors (Lipinski definition) is 9. The third kappa shape index (κ3) is 6.33. The van der Waals surface area contributed by atoms with E-state index in [1.807, 2.05) is 84.0 Å². The minimum absolute atomic E-state index is 0.0979. The van der Waals surface area contributed by atoms with Crippen molar-refractivity contribution in [3.05, 3.63) is 112 Å². The smallest absolute Gasteiger partial charge is 0.338 e. The van der Waals surface area contributed by atoms with Gasteiger partial charge in [0.15, 0.2) is 16.7 Å². The van der Waals surface area contributed by atoms with Crippen molar-refractivity contribution in [1.29, 1.82) is 0 Å². The molecule has 0 radical (unpaired) electrons. The predicted molar refractivity (Wildman–Crippen MR) is 161 cm³/mol.